The summed E-state index contributed by atoms with van der Waals surface area (Å²) in [5, 5.41) is 12.0. The molecule has 0 spiro atoms. The van der Waals surface area contributed by atoms with Gasteiger partial charge in [-0.25, -0.2) is 0 Å². The number of nitrogens with one attached hydrogen (secondary N) is 1. The Morgan fingerprint density at radius 1 is 1.25 bits per heavy atom. The van der Waals surface area contributed by atoms with Crippen LogP contribution in [0.1, 0.15) is 35.2 Å². The molecule has 2 heterocycles. The van der Waals surface area contributed by atoms with Crippen LogP contribution in [0.25, 0.3) is 0 Å². The number of aliphatic carboxylic acids is 1. The van der Waals surface area contributed by atoms with Crippen molar-refractivity contribution >= 4 is 17.8 Å². The van der Waals surface area contributed by atoms with Gasteiger partial charge in [-0.3, -0.25) is 14.4 Å². The average Bonchev–Trinajstić information content (AvgIpc) is 2.83. The lowest BCUT2D eigenvalue weighted by Crippen LogP contribution is -2.55. The van der Waals surface area contributed by atoms with Crippen LogP contribution in [0, 0.1) is 0 Å². The number of carboxylic acid groups (broad SMARTS) is 1. The molecule has 2 aliphatic heterocycles. The molecule has 0 aromatic heterocycles. The third kappa shape index (κ3) is 3.41. The zero-order valence-corrected chi connectivity index (χ0v) is 13.3. The summed E-state index contributed by atoms with van der Waals surface area (Å²) in [7, 11) is 0. The molecule has 7 heteroatoms. The van der Waals surface area contributed by atoms with Crippen LogP contribution in [0.4, 0.5) is 0 Å². The fourth-order valence-corrected chi connectivity index (χ4v) is 3.35. The van der Waals surface area contributed by atoms with Crippen LogP contribution in [0.5, 0.6) is 0 Å². The molecule has 2 amide bonds. The first kappa shape index (κ1) is 16.4. The highest BCUT2D eigenvalue weighted by Crippen LogP contribution is 2.25. The zero-order chi connectivity index (χ0) is 17.2. The third-order valence-corrected chi connectivity index (χ3v) is 4.57. The first-order chi connectivity index (χ1) is 11.5. The summed E-state index contributed by atoms with van der Waals surface area (Å²) >= 11 is 0. The van der Waals surface area contributed by atoms with Crippen molar-refractivity contribution in [3.05, 3.63) is 35.4 Å². The summed E-state index contributed by atoms with van der Waals surface area (Å²) < 4.78 is 5.27. The standard InChI is InChI=1S/C17H20N2O5/c20-14(18-17(9-15(21)22)5-7-24-8-6-17)11-19-10-12-3-1-2-4-13(12)16(19)23/h1-4H,5-11H2,(H,18,20)(H,21,22). The van der Waals surface area contributed by atoms with Crippen LogP contribution < -0.4 is 5.32 Å². The quantitative estimate of drug-likeness (QED) is 0.831. The van der Waals surface area contributed by atoms with Gasteiger partial charge >= 0.3 is 5.97 Å². The molecule has 0 atom stereocenters. The topological polar surface area (TPSA) is 95.9 Å². The number of fused-ring (bicyclic) bond motifs is 1. The molecule has 0 unspecified atom stereocenters. The van der Waals surface area contributed by atoms with E-state index >= 15 is 0 Å². The maximum atomic E-state index is 12.4. The van der Waals surface area contributed by atoms with Gasteiger partial charge in [0.2, 0.25) is 5.91 Å². The predicted molar refractivity (Wildman–Crippen MR) is 84.4 cm³/mol. The van der Waals surface area contributed by atoms with Crippen LogP contribution >= 0.6 is 0 Å². The van der Waals surface area contributed by atoms with E-state index in [1.54, 1.807) is 12.1 Å². The van der Waals surface area contributed by atoms with Crippen LogP contribution in [0.15, 0.2) is 24.3 Å². The first-order valence-corrected chi connectivity index (χ1v) is 7.97. The van der Waals surface area contributed by atoms with E-state index in [1.165, 1.54) is 4.90 Å². The van der Waals surface area contributed by atoms with Gasteiger partial charge in [0.15, 0.2) is 0 Å². The number of rotatable bonds is 5. The van der Waals surface area contributed by atoms with E-state index in [-0.39, 0.29) is 24.8 Å². The van der Waals surface area contributed by atoms with Crippen molar-refractivity contribution in [2.24, 2.45) is 0 Å². The van der Waals surface area contributed by atoms with E-state index in [0.29, 0.717) is 38.2 Å². The number of hydrogen-bond acceptors (Lipinski definition) is 4. The molecule has 3 rings (SSSR count). The number of carbonyl (C=O) groups is 3. The number of amides is 2. The van der Waals surface area contributed by atoms with E-state index in [2.05, 4.69) is 5.32 Å². The second-order valence-corrected chi connectivity index (χ2v) is 6.33. The van der Waals surface area contributed by atoms with Crippen molar-refractivity contribution in [3.8, 4) is 0 Å². The minimum absolute atomic E-state index is 0.0737. The molecule has 1 fully saturated rings. The number of carboxylic acids is 1. The number of carbonyl (C=O) groups excluding carboxylic acids is 2. The lowest BCUT2D eigenvalue weighted by atomic mass is 9.86. The number of ether oxygens (including phenoxy) is 1. The molecule has 0 radical (unpaired) electrons. The SMILES string of the molecule is O=C(O)CC1(NC(=O)CN2Cc3ccccc3C2=O)CCOCC1. The Morgan fingerprint density at radius 3 is 2.62 bits per heavy atom. The number of nitrogens with zero attached hydrogens (tertiary/aromatic N) is 1. The fourth-order valence-electron chi connectivity index (χ4n) is 3.35. The predicted octanol–water partition coefficient (Wildman–Crippen LogP) is 0.782. The monoisotopic (exact) mass is 332 g/mol. The maximum absolute atomic E-state index is 12.4. The van der Waals surface area contributed by atoms with E-state index in [0.717, 1.165) is 5.56 Å². The van der Waals surface area contributed by atoms with Gasteiger partial charge in [0.1, 0.15) is 6.54 Å². The van der Waals surface area contributed by atoms with Crippen molar-refractivity contribution in [2.45, 2.75) is 31.3 Å². The van der Waals surface area contributed by atoms with Gasteiger partial charge in [-0.05, 0) is 24.5 Å². The summed E-state index contributed by atoms with van der Waals surface area (Å²) in [4.78, 5) is 37.3. The Kier molecular flexibility index (Phi) is 4.53. The van der Waals surface area contributed by atoms with Crippen molar-refractivity contribution in [2.75, 3.05) is 19.8 Å². The van der Waals surface area contributed by atoms with Gasteiger partial charge < -0.3 is 20.1 Å². The molecule has 24 heavy (non-hydrogen) atoms. The molecule has 1 aromatic carbocycles. The largest absolute Gasteiger partial charge is 0.481 e. The van der Waals surface area contributed by atoms with Gasteiger partial charge in [-0.1, -0.05) is 18.2 Å². The smallest absolute Gasteiger partial charge is 0.305 e. The maximum Gasteiger partial charge on any atom is 0.305 e. The lowest BCUT2D eigenvalue weighted by molar-refractivity contribution is -0.140. The van der Waals surface area contributed by atoms with Gasteiger partial charge in [0.05, 0.1) is 12.0 Å². The molecule has 0 aliphatic carbocycles. The Morgan fingerprint density at radius 2 is 1.96 bits per heavy atom. The average molecular weight is 332 g/mol. The second-order valence-electron chi connectivity index (χ2n) is 6.33. The number of benzene rings is 1. The molecular weight excluding hydrogens is 312 g/mol. The van der Waals surface area contributed by atoms with Crippen molar-refractivity contribution in [1.29, 1.82) is 0 Å². The number of hydrogen-bond donors (Lipinski definition) is 2. The summed E-state index contributed by atoms with van der Waals surface area (Å²) in [5.41, 5.74) is 0.731. The Bertz CT molecular complexity index is 667. The summed E-state index contributed by atoms with van der Waals surface area (Å²) in [5.74, 6) is -1.46. The Balaban J connectivity index is 1.65. The highest BCUT2D eigenvalue weighted by atomic mass is 16.5. The van der Waals surface area contributed by atoms with Gasteiger partial charge in [0.25, 0.3) is 5.91 Å². The minimum atomic E-state index is -0.957. The third-order valence-electron chi connectivity index (χ3n) is 4.57. The van der Waals surface area contributed by atoms with E-state index in [9.17, 15) is 14.4 Å². The van der Waals surface area contributed by atoms with Crippen molar-refractivity contribution < 1.29 is 24.2 Å². The van der Waals surface area contributed by atoms with Crippen LogP contribution in [0.2, 0.25) is 0 Å². The highest BCUT2D eigenvalue weighted by Gasteiger charge is 2.37. The van der Waals surface area contributed by atoms with E-state index in [1.807, 2.05) is 12.1 Å². The molecule has 1 aromatic rings. The Labute approximate surface area is 139 Å². The van der Waals surface area contributed by atoms with Crippen molar-refractivity contribution in [3.63, 3.8) is 0 Å². The van der Waals surface area contributed by atoms with Gasteiger partial charge in [-0.15, -0.1) is 0 Å². The van der Waals surface area contributed by atoms with Crippen molar-refractivity contribution in [1.82, 2.24) is 10.2 Å². The molecule has 128 valence electrons. The summed E-state index contributed by atoms with van der Waals surface area (Å²) in [6, 6.07) is 7.28. The molecular formula is C17H20N2O5. The van der Waals surface area contributed by atoms with Crippen LogP contribution in [-0.2, 0) is 20.9 Å². The highest BCUT2D eigenvalue weighted by molar-refractivity contribution is 6.00. The van der Waals surface area contributed by atoms with E-state index < -0.39 is 11.5 Å². The zero-order valence-electron chi connectivity index (χ0n) is 13.3. The molecule has 7 nitrogen and oxygen atoms in total. The molecule has 0 saturated carbocycles. The molecule has 2 N–H and O–H groups in total. The van der Waals surface area contributed by atoms with Gasteiger partial charge in [0, 0.05) is 25.3 Å². The first-order valence-electron chi connectivity index (χ1n) is 7.97. The Hall–Kier alpha value is -2.41. The molecule has 2 aliphatic rings. The normalized spacial score (nSPS) is 19.0. The fraction of sp³-hybridized carbons (Fsp3) is 0.471. The van der Waals surface area contributed by atoms with Gasteiger partial charge in [-0.2, -0.15) is 0 Å². The molecule has 1 saturated heterocycles. The second kappa shape index (κ2) is 6.60. The summed E-state index contributed by atoms with van der Waals surface area (Å²) in [6.07, 6.45) is 0.773. The minimum Gasteiger partial charge on any atom is -0.481 e. The lowest BCUT2D eigenvalue weighted by Gasteiger charge is -2.37. The summed E-state index contributed by atoms with van der Waals surface area (Å²) in [6.45, 7) is 1.16. The van der Waals surface area contributed by atoms with E-state index in [4.69, 9.17) is 9.84 Å². The van der Waals surface area contributed by atoms with Crippen LogP contribution in [-0.4, -0.2) is 53.1 Å². The van der Waals surface area contributed by atoms with Crippen LogP contribution in [0.3, 0.4) is 0 Å². The molecule has 0 bridgehead atoms.